The fourth-order valence-electron chi connectivity index (χ4n) is 3.28. The van der Waals surface area contributed by atoms with Crippen LogP contribution in [0.2, 0.25) is 0 Å². The highest BCUT2D eigenvalue weighted by Gasteiger charge is 2.31. The van der Waals surface area contributed by atoms with Crippen LogP contribution in [0, 0.1) is 11.8 Å². The van der Waals surface area contributed by atoms with Gasteiger partial charge in [-0.2, -0.15) is 0 Å². The SMILES string of the molecule is CN1CC(C(=O)NCCCC2CCCCC2O)CC1=O. The fraction of sp³-hybridized carbons (Fsp3) is 0.867. The zero-order valence-corrected chi connectivity index (χ0v) is 12.3. The fourth-order valence-corrected chi connectivity index (χ4v) is 3.28. The lowest BCUT2D eigenvalue weighted by Crippen LogP contribution is -2.33. The van der Waals surface area contributed by atoms with Crippen LogP contribution in [0.3, 0.4) is 0 Å². The van der Waals surface area contributed by atoms with E-state index < -0.39 is 0 Å². The number of hydrogen-bond acceptors (Lipinski definition) is 3. The highest BCUT2D eigenvalue weighted by atomic mass is 16.3. The van der Waals surface area contributed by atoms with Crippen LogP contribution in [0.25, 0.3) is 0 Å². The zero-order valence-electron chi connectivity index (χ0n) is 12.3. The second kappa shape index (κ2) is 7.07. The Hall–Kier alpha value is -1.10. The summed E-state index contributed by atoms with van der Waals surface area (Å²) in [4.78, 5) is 24.9. The number of likely N-dealkylation sites (tertiary alicyclic amines) is 1. The van der Waals surface area contributed by atoms with Gasteiger partial charge in [-0.3, -0.25) is 9.59 Å². The summed E-state index contributed by atoms with van der Waals surface area (Å²) in [7, 11) is 1.74. The minimum absolute atomic E-state index is 0.00751. The van der Waals surface area contributed by atoms with E-state index in [9.17, 15) is 14.7 Å². The Morgan fingerprint density at radius 1 is 1.40 bits per heavy atom. The van der Waals surface area contributed by atoms with E-state index in [-0.39, 0.29) is 23.8 Å². The maximum absolute atomic E-state index is 11.9. The highest BCUT2D eigenvalue weighted by molar-refractivity contribution is 5.89. The van der Waals surface area contributed by atoms with E-state index in [0.717, 1.165) is 32.1 Å². The molecule has 0 aromatic rings. The topological polar surface area (TPSA) is 69.6 Å². The third-order valence-electron chi connectivity index (χ3n) is 4.63. The first-order valence-corrected chi connectivity index (χ1v) is 7.77. The van der Waals surface area contributed by atoms with E-state index in [1.807, 2.05) is 0 Å². The summed E-state index contributed by atoms with van der Waals surface area (Å²) in [5.41, 5.74) is 0. The summed E-state index contributed by atoms with van der Waals surface area (Å²) in [6.07, 6.45) is 6.45. The van der Waals surface area contributed by atoms with Crippen molar-refractivity contribution < 1.29 is 14.7 Å². The largest absolute Gasteiger partial charge is 0.393 e. The first-order chi connectivity index (χ1) is 9.58. The predicted molar refractivity (Wildman–Crippen MR) is 76.0 cm³/mol. The van der Waals surface area contributed by atoms with Crippen LogP contribution < -0.4 is 5.32 Å². The molecule has 2 fully saturated rings. The van der Waals surface area contributed by atoms with Crippen molar-refractivity contribution in [2.24, 2.45) is 11.8 Å². The number of aliphatic hydroxyl groups is 1. The van der Waals surface area contributed by atoms with E-state index in [1.54, 1.807) is 11.9 Å². The summed E-state index contributed by atoms with van der Waals surface area (Å²) in [5.74, 6) is 0.259. The number of carbonyl (C=O) groups is 2. The lowest BCUT2D eigenvalue weighted by molar-refractivity contribution is -0.128. The molecule has 0 radical (unpaired) electrons. The number of nitrogens with one attached hydrogen (secondary N) is 1. The lowest BCUT2D eigenvalue weighted by Gasteiger charge is -2.27. The second-order valence-electron chi connectivity index (χ2n) is 6.22. The molecular weight excluding hydrogens is 256 g/mol. The third-order valence-corrected chi connectivity index (χ3v) is 4.63. The van der Waals surface area contributed by atoms with Crippen LogP contribution in [0.4, 0.5) is 0 Å². The third kappa shape index (κ3) is 3.95. The number of carbonyl (C=O) groups excluding carboxylic acids is 2. The van der Waals surface area contributed by atoms with Crippen molar-refractivity contribution in [1.29, 1.82) is 0 Å². The number of hydrogen-bond donors (Lipinski definition) is 2. The number of amides is 2. The van der Waals surface area contributed by atoms with Crippen molar-refractivity contribution in [1.82, 2.24) is 10.2 Å². The van der Waals surface area contributed by atoms with Gasteiger partial charge in [0.25, 0.3) is 0 Å². The molecule has 1 saturated heterocycles. The van der Waals surface area contributed by atoms with Gasteiger partial charge in [-0.25, -0.2) is 0 Å². The maximum atomic E-state index is 11.9. The van der Waals surface area contributed by atoms with Crippen LogP contribution >= 0.6 is 0 Å². The van der Waals surface area contributed by atoms with Crippen molar-refractivity contribution in [2.45, 2.75) is 51.0 Å². The van der Waals surface area contributed by atoms with Gasteiger partial charge in [0.1, 0.15) is 0 Å². The molecule has 1 aliphatic carbocycles. The summed E-state index contributed by atoms with van der Waals surface area (Å²) in [6.45, 7) is 1.18. The normalized spacial score (nSPS) is 30.6. The molecular formula is C15H26N2O3. The molecule has 0 spiro atoms. The molecule has 2 aliphatic rings. The second-order valence-corrected chi connectivity index (χ2v) is 6.22. The van der Waals surface area contributed by atoms with E-state index in [0.29, 0.717) is 25.4 Å². The highest BCUT2D eigenvalue weighted by Crippen LogP contribution is 2.27. The van der Waals surface area contributed by atoms with Crippen LogP contribution in [0.5, 0.6) is 0 Å². The molecule has 1 heterocycles. The van der Waals surface area contributed by atoms with Gasteiger partial charge in [0, 0.05) is 26.6 Å². The summed E-state index contributed by atoms with van der Waals surface area (Å²) in [6, 6.07) is 0. The molecule has 20 heavy (non-hydrogen) atoms. The molecule has 5 heteroatoms. The van der Waals surface area contributed by atoms with E-state index in [4.69, 9.17) is 0 Å². The Bertz CT molecular complexity index is 359. The molecule has 0 aromatic carbocycles. The van der Waals surface area contributed by atoms with Gasteiger partial charge in [-0.15, -0.1) is 0 Å². The van der Waals surface area contributed by atoms with Crippen LogP contribution in [0.1, 0.15) is 44.9 Å². The van der Waals surface area contributed by atoms with Gasteiger partial charge in [-0.05, 0) is 31.6 Å². The minimum Gasteiger partial charge on any atom is -0.393 e. The van der Waals surface area contributed by atoms with Crippen molar-refractivity contribution in [3.63, 3.8) is 0 Å². The smallest absolute Gasteiger partial charge is 0.225 e. The summed E-state index contributed by atoms with van der Waals surface area (Å²) >= 11 is 0. The molecule has 3 atom stereocenters. The van der Waals surface area contributed by atoms with Crippen LogP contribution in [-0.4, -0.2) is 48.1 Å². The van der Waals surface area contributed by atoms with E-state index in [2.05, 4.69) is 5.32 Å². The lowest BCUT2D eigenvalue weighted by atomic mass is 9.83. The van der Waals surface area contributed by atoms with Crippen molar-refractivity contribution >= 4 is 11.8 Å². The van der Waals surface area contributed by atoms with Crippen LogP contribution in [-0.2, 0) is 9.59 Å². The van der Waals surface area contributed by atoms with Gasteiger partial charge in [0.2, 0.25) is 11.8 Å². The van der Waals surface area contributed by atoms with Gasteiger partial charge in [0.05, 0.1) is 12.0 Å². The molecule has 1 saturated carbocycles. The number of nitrogens with zero attached hydrogens (tertiary/aromatic N) is 1. The molecule has 0 aromatic heterocycles. The minimum atomic E-state index is -0.187. The van der Waals surface area contributed by atoms with Gasteiger partial charge in [-0.1, -0.05) is 12.8 Å². The first kappa shape index (κ1) is 15.3. The first-order valence-electron chi connectivity index (χ1n) is 7.77. The maximum Gasteiger partial charge on any atom is 0.225 e. The van der Waals surface area contributed by atoms with E-state index >= 15 is 0 Å². The quantitative estimate of drug-likeness (QED) is 0.737. The Labute approximate surface area is 120 Å². The molecule has 114 valence electrons. The van der Waals surface area contributed by atoms with Crippen LogP contribution in [0.15, 0.2) is 0 Å². The predicted octanol–water partition coefficient (Wildman–Crippen LogP) is 0.912. The Morgan fingerprint density at radius 2 is 2.15 bits per heavy atom. The van der Waals surface area contributed by atoms with Gasteiger partial charge >= 0.3 is 0 Å². The average Bonchev–Trinajstić information content (AvgIpc) is 2.76. The van der Waals surface area contributed by atoms with Crippen molar-refractivity contribution in [3.05, 3.63) is 0 Å². The Morgan fingerprint density at radius 3 is 2.80 bits per heavy atom. The van der Waals surface area contributed by atoms with E-state index in [1.165, 1.54) is 6.42 Å². The molecule has 1 aliphatic heterocycles. The monoisotopic (exact) mass is 282 g/mol. The Kier molecular flexibility index (Phi) is 5.40. The molecule has 2 N–H and O–H groups in total. The average molecular weight is 282 g/mol. The van der Waals surface area contributed by atoms with Crippen molar-refractivity contribution in [2.75, 3.05) is 20.1 Å². The number of aliphatic hydroxyl groups excluding tert-OH is 1. The molecule has 2 amide bonds. The molecule has 5 nitrogen and oxygen atoms in total. The van der Waals surface area contributed by atoms with Gasteiger partial charge in [0.15, 0.2) is 0 Å². The summed E-state index contributed by atoms with van der Waals surface area (Å²) in [5, 5.41) is 12.8. The molecule has 2 rings (SSSR count). The van der Waals surface area contributed by atoms with Gasteiger partial charge < -0.3 is 15.3 Å². The molecule has 3 unspecified atom stereocenters. The van der Waals surface area contributed by atoms with Crippen molar-refractivity contribution in [3.8, 4) is 0 Å². The standard InChI is InChI=1S/C15H26N2O3/c1-17-10-12(9-14(17)19)15(20)16-8-4-6-11-5-2-3-7-13(11)18/h11-13,18H,2-10H2,1H3,(H,16,20). The summed E-state index contributed by atoms with van der Waals surface area (Å²) < 4.78 is 0. The molecule has 0 bridgehead atoms. The zero-order chi connectivity index (χ0) is 14.5. The number of rotatable bonds is 5. The Balaban J connectivity index is 1.61.